The molecule has 1 atom stereocenters. The molecule has 3 rings (SSSR count). The number of amides is 1. The molecular formula is C25H35N3O2. The molecule has 1 amide bonds. The Kier molecular flexibility index (Phi) is 8.29. The van der Waals surface area contributed by atoms with Gasteiger partial charge in [-0.05, 0) is 42.8 Å². The minimum atomic E-state index is -0.200. The molecule has 5 heteroatoms. The molecule has 2 aromatic rings. The van der Waals surface area contributed by atoms with Gasteiger partial charge in [0, 0.05) is 32.7 Å². The van der Waals surface area contributed by atoms with E-state index in [-0.39, 0.29) is 11.9 Å². The minimum absolute atomic E-state index is 0.200. The number of ether oxygens (including phenoxy) is 1. The first-order chi connectivity index (χ1) is 14.7. The van der Waals surface area contributed by atoms with Crippen LogP contribution in [0.15, 0.2) is 54.6 Å². The maximum absolute atomic E-state index is 13.6. The van der Waals surface area contributed by atoms with Crippen LogP contribution in [-0.2, 0) is 11.3 Å². The number of hydrogen-bond acceptors (Lipinski definition) is 4. The lowest BCUT2D eigenvalue weighted by molar-refractivity contribution is -0.137. The second-order valence-electron chi connectivity index (χ2n) is 7.84. The van der Waals surface area contributed by atoms with Gasteiger partial charge in [0.15, 0.2) is 0 Å². The van der Waals surface area contributed by atoms with Crippen molar-refractivity contribution in [2.24, 2.45) is 0 Å². The highest BCUT2D eigenvalue weighted by Crippen LogP contribution is 2.24. The zero-order valence-electron chi connectivity index (χ0n) is 18.6. The molecule has 0 saturated carbocycles. The molecule has 2 aromatic carbocycles. The number of likely N-dealkylation sites (N-methyl/N-ethyl adjacent to an activating group) is 1. The molecule has 0 bridgehead atoms. The lowest BCUT2D eigenvalue weighted by atomic mass is 10.0. The first-order valence-corrected chi connectivity index (χ1v) is 11.1. The van der Waals surface area contributed by atoms with Crippen molar-refractivity contribution in [3.63, 3.8) is 0 Å². The van der Waals surface area contributed by atoms with Crippen LogP contribution in [0.5, 0.6) is 5.75 Å². The Morgan fingerprint density at radius 2 is 1.67 bits per heavy atom. The summed E-state index contributed by atoms with van der Waals surface area (Å²) in [6.07, 6.45) is 1.00. The van der Waals surface area contributed by atoms with Gasteiger partial charge >= 0.3 is 0 Å². The maximum atomic E-state index is 13.6. The SMILES string of the molecule is CCN(CC)C(C(=O)N1CCCN(Cc2ccc(OC)cc2)CC1)c1ccccc1. The minimum Gasteiger partial charge on any atom is -0.497 e. The number of methoxy groups -OCH3 is 1. The molecule has 1 heterocycles. The first-order valence-electron chi connectivity index (χ1n) is 11.1. The number of nitrogens with zero attached hydrogens (tertiary/aromatic N) is 3. The van der Waals surface area contributed by atoms with Crippen molar-refractivity contribution in [1.29, 1.82) is 0 Å². The van der Waals surface area contributed by atoms with Gasteiger partial charge in [-0.1, -0.05) is 56.3 Å². The van der Waals surface area contributed by atoms with Gasteiger partial charge in [0.2, 0.25) is 5.91 Å². The Hall–Kier alpha value is -2.37. The van der Waals surface area contributed by atoms with E-state index in [1.54, 1.807) is 7.11 Å². The molecular weight excluding hydrogens is 374 g/mol. The predicted molar refractivity (Wildman–Crippen MR) is 122 cm³/mol. The third-order valence-corrected chi connectivity index (χ3v) is 5.99. The standard InChI is InChI=1S/C25H35N3O2/c1-4-27(5-2)24(22-10-7-6-8-11-22)25(29)28-17-9-16-26(18-19-28)20-21-12-14-23(30-3)15-13-21/h6-8,10-15,24H,4-5,9,16-20H2,1-3H3. The van der Waals surface area contributed by atoms with E-state index in [4.69, 9.17) is 4.74 Å². The molecule has 0 aliphatic carbocycles. The van der Waals surface area contributed by atoms with E-state index in [0.29, 0.717) is 0 Å². The van der Waals surface area contributed by atoms with Gasteiger partial charge in [0.25, 0.3) is 0 Å². The van der Waals surface area contributed by atoms with Crippen molar-refractivity contribution < 1.29 is 9.53 Å². The zero-order chi connectivity index (χ0) is 21.3. The second-order valence-corrected chi connectivity index (χ2v) is 7.84. The molecule has 0 radical (unpaired) electrons. The lowest BCUT2D eigenvalue weighted by Crippen LogP contribution is -2.44. The molecule has 162 valence electrons. The summed E-state index contributed by atoms with van der Waals surface area (Å²) in [5.74, 6) is 1.12. The first kappa shape index (κ1) is 22.3. The van der Waals surface area contributed by atoms with Crippen LogP contribution in [-0.4, -0.2) is 67.0 Å². The smallest absolute Gasteiger partial charge is 0.244 e. The summed E-state index contributed by atoms with van der Waals surface area (Å²) in [4.78, 5) is 20.4. The Labute approximate surface area is 181 Å². The van der Waals surface area contributed by atoms with Gasteiger partial charge in [-0.25, -0.2) is 0 Å². The van der Waals surface area contributed by atoms with Gasteiger partial charge in [-0.3, -0.25) is 14.6 Å². The van der Waals surface area contributed by atoms with Gasteiger partial charge in [0.1, 0.15) is 11.8 Å². The highest BCUT2D eigenvalue weighted by molar-refractivity contribution is 5.83. The van der Waals surface area contributed by atoms with Crippen molar-refractivity contribution >= 4 is 5.91 Å². The van der Waals surface area contributed by atoms with E-state index < -0.39 is 0 Å². The Morgan fingerprint density at radius 1 is 0.967 bits per heavy atom. The van der Waals surface area contributed by atoms with Crippen LogP contribution >= 0.6 is 0 Å². The van der Waals surface area contributed by atoms with Gasteiger partial charge < -0.3 is 9.64 Å². The molecule has 5 nitrogen and oxygen atoms in total. The van der Waals surface area contributed by atoms with E-state index >= 15 is 0 Å². The number of rotatable bonds is 8. The average molecular weight is 410 g/mol. The number of carbonyl (C=O) groups excluding carboxylic acids is 1. The topological polar surface area (TPSA) is 36.0 Å². The summed E-state index contributed by atoms with van der Waals surface area (Å²) >= 11 is 0. The Bertz CT molecular complexity index is 775. The third kappa shape index (κ3) is 5.61. The number of benzene rings is 2. The second kappa shape index (κ2) is 11.1. The average Bonchev–Trinajstić information content (AvgIpc) is 3.03. The molecule has 1 saturated heterocycles. The van der Waals surface area contributed by atoms with Crippen molar-refractivity contribution in [3.05, 3.63) is 65.7 Å². The predicted octanol–water partition coefficient (Wildman–Crippen LogP) is 3.81. The van der Waals surface area contributed by atoms with E-state index in [9.17, 15) is 4.79 Å². The fourth-order valence-corrected chi connectivity index (χ4v) is 4.25. The van der Waals surface area contributed by atoms with E-state index in [1.165, 1.54) is 5.56 Å². The molecule has 1 aliphatic rings. The molecule has 30 heavy (non-hydrogen) atoms. The summed E-state index contributed by atoms with van der Waals surface area (Å²) in [5, 5.41) is 0. The summed E-state index contributed by atoms with van der Waals surface area (Å²) in [6.45, 7) is 10.4. The Morgan fingerprint density at radius 3 is 2.30 bits per heavy atom. The van der Waals surface area contributed by atoms with E-state index in [0.717, 1.165) is 63.5 Å². The molecule has 0 aromatic heterocycles. The van der Waals surface area contributed by atoms with Crippen LogP contribution in [0.2, 0.25) is 0 Å². The summed E-state index contributed by atoms with van der Waals surface area (Å²) < 4.78 is 5.25. The lowest BCUT2D eigenvalue weighted by Gasteiger charge is -2.33. The normalized spacial score (nSPS) is 16.3. The highest BCUT2D eigenvalue weighted by atomic mass is 16.5. The van der Waals surface area contributed by atoms with Crippen molar-refractivity contribution in [2.75, 3.05) is 46.4 Å². The monoisotopic (exact) mass is 409 g/mol. The van der Waals surface area contributed by atoms with E-state index in [2.05, 4.69) is 52.8 Å². The van der Waals surface area contributed by atoms with E-state index in [1.807, 2.05) is 30.3 Å². The summed E-state index contributed by atoms with van der Waals surface area (Å²) in [6, 6.07) is 18.3. The highest BCUT2D eigenvalue weighted by Gasteiger charge is 2.30. The molecule has 0 N–H and O–H groups in total. The number of hydrogen-bond donors (Lipinski definition) is 0. The summed E-state index contributed by atoms with van der Waals surface area (Å²) in [5.41, 5.74) is 2.37. The largest absolute Gasteiger partial charge is 0.497 e. The van der Waals surface area contributed by atoms with Crippen LogP contribution in [0.4, 0.5) is 0 Å². The van der Waals surface area contributed by atoms with Gasteiger partial charge in [-0.2, -0.15) is 0 Å². The zero-order valence-corrected chi connectivity index (χ0v) is 18.6. The quantitative estimate of drug-likeness (QED) is 0.664. The van der Waals surface area contributed by atoms with Crippen LogP contribution in [0, 0.1) is 0 Å². The number of carbonyl (C=O) groups is 1. The van der Waals surface area contributed by atoms with Crippen molar-refractivity contribution in [3.8, 4) is 5.75 Å². The molecule has 0 spiro atoms. The van der Waals surface area contributed by atoms with Crippen LogP contribution < -0.4 is 4.74 Å². The maximum Gasteiger partial charge on any atom is 0.244 e. The fourth-order valence-electron chi connectivity index (χ4n) is 4.25. The Balaban J connectivity index is 1.66. The van der Waals surface area contributed by atoms with Crippen LogP contribution in [0.25, 0.3) is 0 Å². The molecule has 1 aliphatic heterocycles. The summed E-state index contributed by atoms with van der Waals surface area (Å²) in [7, 11) is 1.69. The molecule has 1 unspecified atom stereocenters. The van der Waals surface area contributed by atoms with Crippen LogP contribution in [0.3, 0.4) is 0 Å². The fraction of sp³-hybridized carbons (Fsp3) is 0.480. The van der Waals surface area contributed by atoms with Gasteiger partial charge in [-0.15, -0.1) is 0 Å². The molecule has 1 fully saturated rings. The van der Waals surface area contributed by atoms with Crippen LogP contribution in [0.1, 0.15) is 37.4 Å². The van der Waals surface area contributed by atoms with Gasteiger partial charge in [0.05, 0.1) is 7.11 Å². The third-order valence-electron chi connectivity index (χ3n) is 5.99. The van der Waals surface area contributed by atoms with Crippen molar-refractivity contribution in [1.82, 2.24) is 14.7 Å². The van der Waals surface area contributed by atoms with Crippen molar-refractivity contribution in [2.45, 2.75) is 32.9 Å².